The predicted molar refractivity (Wildman–Crippen MR) is 94.4 cm³/mol. The first-order valence-corrected chi connectivity index (χ1v) is 8.19. The van der Waals surface area contributed by atoms with E-state index in [1.165, 1.54) is 0 Å². The molecule has 0 saturated heterocycles. The van der Waals surface area contributed by atoms with Crippen molar-refractivity contribution in [3.05, 3.63) is 59.2 Å². The van der Waals surface area contributed by atoms with Gasteiger partial charge in [-0.1, -0.05) is 13.8 Å². The molecule has 0 saturated carbocycles. The van der Waals surface area contributed by atoms with Crippen molar-refractivity contribution in [1.29, 1.82) is 0 Å². The van der Waals surface area contributed by atoms with E-state index in [9.17, 15) is 4.79 Å². The Labute approximate surface area is 139 Å². The van der Waals surface area contributed by atoms with Crippen LogP contribution >= 0.6 is 0 Å². The summed E-state index contributed by atoms with van der Waals surface area (Å²) >= 11 is 0. The van der Waals surface area contributed by atoms with Gasteiger partial charge in [-0.2, -0.15) is 0 Å². The van der Waals surface area contributed by atoms with Crippen LogP contribution in [0, 0.1) is 0 Å². The molecule has 0 aliphatic rings. The summed E-state index contributed by atoms with van der Waals surface area (Å²) in [5.74, 6) is -0.00175. The first-order chi connectivity index (χ1) is 11.7. The Morgan fingerprint density at radius 1 is 0.875 bits per heavy atom. The molecule has 0 amide bonds. The molecular weight excluding hydrogens is 300 g/mol. The third kappa shape index (κ3) is 2.21. The van der Waals surface area contributed by atoms with Gasteiger partial charge in [0.1, 0.15) is 11.3 Å². The topological polar surface area (TPSA) is 74.4 Å². The number of aromatic amines is 2. The zero-order valence-electron chi connectivity index (χ0n) is 13.7. The maximum atomic E-state index is 13.2. The summed E-state index contributed by atoms with van der Waals surface area (Å²) in [7, 11) is 0. The average molecular weight is 318 g/mol. The summed E-state index contributed by atoms with van der Waals surface area (Å²) in [5, 5.41) is 1.74. The molecule has 5 heteroatoms. The van der Waals surface area contributed by atoms with E-state index < -0.39 is 0 Å². The van der Waals surface area contributed by atoms with E-state index >= 15 is 0 Å². The summed E-state index contributed by atoms with van der Waals surface area (Å²) in [6, 6.07) is 7.61. The number of carbonyl (C=O) groups is 1. The van der Waals surface area contributed by atoms with Crippen molar-refractivity contribution < 1.29 is 4.79 Å². The van der Waals surface area contributed by atoms with Crippen molar-refractivity contribution >= 4 is 27.9 Å². The van der Waals surface area contributed by atoms with Crippen LogP contribution in [0.2, 0.25) is 0 Å². The quantitative estimate of drug-likeness (QED) is 0.562. The van der Waals surface area contributed by atoms with Crippen molar-refractivity contribution in [2.24, 2.45) is 0 Å². The van der Waals surface area contributed by atoms with Gasteiger partial charge in [0.05, 0.1) is 0 Å². The molecule has 24 heavy (non-hydrogen) atoms. The molecule has 0 spiro atoms. The van der Waals surface area contributed by atoms with Gasteiger partial charge < -0.3 is 9.97 Å². The van der Waals surface area contributed by atoms with Crippen molar-refractivity contribution in [3.63, 3.8) is 0 Å². The fraction of sp³-hybridized carbons (Fsp3) is 0.211. The highest BCUT2D eigenvalue weighted by Crippen LogP contribution is 2.25. The molecule has 5 nitrogen and oxygen atoms in total. The lowest BCUT2D eigenvalue weighted by molar-refractivity contribution is 0.104. The smallest absolute Gasteiger partial charge is 0.194 e. The van der Waals surface area contributed by atoms with Gasteiger partial charge in [0.25, 0.3) is 0 Å². The van der Waals surface area contributed by atoms with E-state index in [0.717, 1.165) is 46.3 Å². The standard InChI is InChI=1S/C19H18N4O/c1-3-11-9-15-13(5-7-20-18(15)22-11)17(24)14-6-8-21-19-16(14)10-12(4-2)23-19/h5-10H,3-4H2,1-2H3,(H,20,22)(H,21,23). The number of ketones is 1. The summed E-state index contributed by atoms with van der Waals surface area (Å²) in [5.41, 5.74) is 5.00. The molecule has 4 aromatic rings. The van der Waals surface area contributed by atoms with Crippen LogP contribution in [0.5, 0.6) is 0 Å². The highest BCUT2D eigenvalue weighted by molar-refractivity contribution is 6.20. The second kappa shape index (κ2) is 5.60. The van der Waals surface area contributed by atoms with E-state index in [4.69, 9.17) is 0 Å². The Morgan fingerprint density at radius 3 is 1.75 bits per heavy atom. The van der Waals surface area contributed by atoms with Crippen LogP contribution in [-0.2, 0) is 12.8 Å². The molecule has 0 aliphatic carbocycles. The Balaban J connectivity index is 1.90. The molecule has 0 atom stereocenters. The summed E-state index contributed by atoms with van der Waals surface area (Å²) in [6.07, 6.45) is 5.11. The largest absolute Gasteiger partial charge is 0.343 e. The van der Waals surface area contributed by atoms with Gasteiger partial charge in [-0.25, -0.2) is 9.97 Å². The second-order valence-electron chi connectivity index (χ2n) is 5.87. The van der Waals surface area contributed by atoms with Crippen molar-refractivity contribution in [3.8, 4) is 0 Å². The average Bonchev–Trinajstić information content (AvgIpc) is 3.23. The summed E-state index contributed by atoms with van der Waals surface area (Å²) < 4.78 is 0. The Bertz CT molecular complexity index is 974. The lowest BCUT2D eigenvalue weighted by Crippen LogP contribution is -2.03. The molecule has 0 radical (unpaired) electrons. The third-order valence-electron chi connectivity index (χ3n) is 4.43. The molecule has 0 fully saturated rings. The number of H-pyrrole nitrogens is 2. The number of hydrogen-bond acceptors (Lipinski definition) is 3. The van der Waals surface area contributed by atoms with Gasteiger partial charge in [-0.15, -0.1) is 0 Å². The van der Waals surface area contributed by atoms with Crippen molar-refractivity contribution in [1.82, 2.24) is 19.9 Å². The zero-order chi connectivity index (χ0) is 16.7. The van der Waals surface area contributed by atoms with Gasteiger partial charge in [0.15, 0.2) is 5.78 Å². The Kier molecular flexibility index (Phi) is 3.41. The van der Waals surface area contributed by atoms with E-state index in [-0.39, 0.29) is 5.78 Å². The van der Waals surface area contributed by atoms with Crippen molar-refractivity contribution in [2.75, 3.05) is 0 Å². The maximum absolute atomic E-state index is 13.2. The minimum absolute atomic E-state index is 0.00175. The Hall–Kier alpha value is -2.95. The maximum Gasteiger partial charge on any atom is 0.194 e. The molecule has 4 rings (SSSR count). The van der Waals surface area contributed by atoms with E-state index in [2.05, 4.69) is 33.8 Å². The molecule has 0 aliphatic heterocycles. The predicted octanol–water partition coefficient (Wildman–Crippen LogP) is 3.80. The van der Waals surface area contributed by atoms with Crippen LogP contribution < -0.4 is 0 Å². The fourth-order valence-corrected chi connectivity index (χ4v) is 3.08. The number of aromatic nitrogens is 4. The first kappa shape index (κ1) is 14.6. The molecule has 0 aromatic carbocycles. The molecule has 2 N–H and O–H groups in total. The normalized spacial score (nSPS) is 11.4. The summed E-state index contributed by atoms with van der Waals surface area (Å²) in [4.78, 5) is 28.4. The number of pyridine rings is 2. The van der Waals surface area contributed by atoms with Gasteiger partial charge in [-0.3, -0.25) is 4.79 Å². The first-order valence-electron chi connectivity index (χ1n) is 8.19. The fourth-order valence-electron chi connectivity index (χ4n) is 3.08. The lowest BCUT2D eigenvalue weighted by Gasteiger charge is -2.04. The lowest BCUT2D eigenvalue weighted by atomic mass is 10.00. The van der Waals surface area contributed by atoms with Gasteiger partial charge in [0, 0.05) is 45.7 Å². The number of nitrogens with one attached hydrogen (secondary N) is 2. The third-order valence-corrected chi connectivity index (χ3v) is 4.43. The highest BCUT2D eigenvalue weighted by atomic mass is 16.1. The SMILES string of the molecule is CCc1cc2c(C(=O)c3ccnc4[nH]c(CC)cc34)ccnc2[nH]1. The van der Waals surface area contributed by atoms with Crippen LogP contribution in [0.15, 0.2) is 36.7 Å². The minimum Gasteiger partial charge on any atom is -0.343 e. The monoisotopic (exact) mass is 318 g/mol. The zero-order valence-corrected chi connectivity index (χ0v) is 13.7. The van der Waals surface area contributed by atoms with Gasteiger partial charge in [0.2, 0.25) is 0 Å². The molecular formula is C19H18N4O. The number of nitrogens with zero attached hydrogens (tertiary/aromatic N) is 2. The van der Waals surface area contributed by atoms with E-state index in [1.54, 1.807) is 24.5 Å². The Morgan fingerprint density at radius 2 is 1.33 bits per heavy atom. The number of rotatable bonds is 4. The number of carbonyl (C=O) groups excluding carboxylic acids is 1. The molecule has 4 heterocycles. The van der Waals surface area contributed by atoms with Crippen LogP contribution in [-0.4, -0.2) is 25.7 Å². The molecule has 4 aromatic heterocycles. The number of fused-ring (bicyclic) bond motifs is 2. The van der Waals surface area contributed by atoms with Crippen LogP contribution in [0.4, 0.5) is 0 Å². The van der Waals surface area contributed by atoms with E-state index in [0.29, 0.717) is 11.1 Å². The minimum atomic E-state index is -0.00175. The van der Waals surface area contributed by atoms with Gasteiger partial charge in [-0.05, 0) is 37.1 Å². The van der Waals surface area contributed by atoms with Gasteiger partial charge >= 0.3 is 0 Å². The second-order valence-corrected chi connectivity index (χ2v) is 5.87. The number of aryl methyl sites for hydroxylation is 2. The van der Waals surface area contributed by atoms with Crippen LogP contribution in [0.25, 0.3) is 22.1 Å². The summed E-state index contributed by atoms with van der Waals surface area (Å²) in [6.45, 7) is 4.15. The van der Waals surface area contributed by atoms with Crippen LogP contribution in [0.3, 0.4) is 0 Å². The van der Waals surface area contributed by atoms with E-state index in [1.807, 2.05) is 12.1 Å². The molecule has 120 valence electrons. The van der Waals surface area contributed by atoms with Crippen molar-refractivity contribution in [2.45, 2.75) is 26.7 Å². The molecule has 0 unspecified atom stereocenters. The van der Waals surface area contributed by atoms with Crippen LogP contribution in [0.1, 0.15) is 41.2 Å². The molecule has 0 bridgehead atoms. The number of hydrogen-bond donors (Lipinski definition) is 2. The highest BCUT2D eigenvalue weighted by Gasteiger charge is 2.18.